The Morgan fingerprint density at radius 1 is 1.89 bits per heavy atom. The normalized spacial score (nSPS) is 10.0. The van der Waals surface area contributed by atoms with Gasteiger partial charge in [0, 0.05) is 5.38 Å². The minimum atomic E-state index is 0.435. The van der Waals surface area contributed by atoms with E-state index in [9.17, 15) is 0 Å². The Kier molecular flexibility index (Phi) is 2.16. The summed E-state index contributed by atoms with van der Waals surface area (Å²) in [5, 5.41) is 11.2. The van der Waals surface area contributed by atoms with Gasteiger partial charge in [-0.3, -0.25) is 0 Å². The van der Waals surface area contributed by atoms with Crippen LogP contribution >= 0.6 is 11.3 Å². The van der Waals surface area contributed by atoms with Crippen LogP contribution in [-0.2, 0) is 6.54 Å². The van der Waals surface area contributed by atoms with Gasteiger partial charge in [-0.1, -0.05) is 0 Å². The summed E-state index contributed by atoms with van der Waals surface area (Å²) >= 11 is 1.58. The highest BCUT2D eigenvalue weighted by Crippen LogP contribution is 2.06. The molecule has 3 nitrogen and oxygen atoms in total. The fourth-order valence-electron chi connectivity index (χ4n) is 0.570. The van der Waals surface area contributed by atoms with Crippen LogP contribution in [0.2, 0.25) is 0 Å². The van der Waals surface area contributed by atoms with Crippen molar-refractivity contribution in [3.05, 3.63) is 16.1 Å². The molecule has 4 heteroatoms. The van der Waals surface area contributed by atoms with Crippen LogP contribution in [0.15, 0.2) is 5.38 Å². The molecule has 0 aliphatic rings. The van der Waals surface area contributed by atoms with Crippen LogP contribution < -0.4 is 5.48 Å². The SMILES string of the molecule is Cc1nc(CNO)cs1. The highest BCUT2D eigenvalue weighted by atomic mass is 32.1. The van der Waals surface area contributed by atoms with E-state index in [1.54, 1.807) is 11.3 Å². The molecule has 9 heavy (non-hydrogen) atoms. The third-order valence-electron chi connectivity index (χ3n) is 0.927. The summed E-state index contributed by atoms with van der Waals surface area (Å²) in [5.74, 6) is 0. The second-order valence-corrected chi connectivity index (χ2v) is 2.75. The van der Waals surface area contributed by atoms with Crippen molar-refractivity contribution < 1.29 is 5.21 Å². The second-order valence-electron chi connectivity index (χ2n) is 1.69. The predicted octanol–water partition coefficient (Wildman–Crippen LogP) is 0.930. The predicted molar refractivity (Wildman–Crippen MR) is 35.5 cm³/mol. The molecule has 50 valence electrons. The number of nitrogens with one attached hydrogen (secondary N) is 1. The fraction of sp³-hybridized carbons (Fsp3) is 0.400. The minimum Gasteiger partial charge on any atom is -0.316 e. The lowest BCUT2D eigenvalue weighted by Crippen LogP contribution is -2.05. The number of nitrogens with zero attached hydrogens (tertiary/aromatic N) is 1. The molecule has 1 heterocycles. The van der Waals surface area contributed by atoms with Gasteiger partial charge in [-0.15, -0.1) is 11.3 Å². The summed E-state index contributed by atoms with van der Waals surface area (Å²) in [6, 6.07) is 0. The maximum atomic E-state index is 8.24. The second kappa shape index (κ2) is 2.91. The summed E-state index contributed by atoms with van der Waals surface area (Å²) in [6.07, 6.45) is 0. The molecule has 1 aromatic rings. The number of aromatic nitrogens is 1. The van der Waals surface area contributed by atoms with Gasteiger partial charge in [-0.25, -0.2) is 4.98 Å². The summed E-state index contributed by atoms with van der Waals surface area (Å²) in [4.78, 5) is 4.10. The lowest BCUT2D eigenvalue weighted by Gasteiger charge is -1.88. The van der Waals surface area contributed by atoms with Gasteiger partial charge in [-0.05, 0) is 6.92 Å². The Balaban J connectivity index is 2.61. The van der Waals surface area contributed by atoms with E-state index in [1.165, 1.54) is 0 Å². The first-order valence-electron chi connectivity index (χ1n) is 2.61. The van der Waals surface area contributed by atoms with E-state index in [-0.39, 0.29) is 0 Å². The maximum absolute atomic E-state index is 8.24. The average molecular weight is 144 g/mol. The number of hydrogen-bond acceptors (Lipinski definition) is 4. The monoisotopic (exact) mass is 144 g/mol. The lowest BCUT2D eigenvalue weighted by atomic mass is 10.5. The van der Waals surface area contributed by atoms with Gasteiger partial charge < -0.3 is 5.21 Å². The van der Waals surface area contributed by atoms with Gasteiger partial charge in [0.2, 0.25) is 0 Å². The van der Waals surface area contributed by atoms with E-state index in [4.69, 9.17) is 5.21 Å². The first-order chi connectivity index (χ1) is 4.33. The fourth-order valence-corrected chi connectivity index (χ4v) is 1.18. The summed E-state index contributed by atoms with van der Waals surface area (Å²) < 4.78 is 0. The molecule has 0 unspecified atom stereocenters. The molecular formula is C5H8N2OS. The third-order valence-corrected chi connectivity index (χ3v) is 1.75. The Morgan fingerprint density at radius 3 is 3.11 bits per heavy atom. The van der Waals surface area contributed by atoms with Gasteiger partial charge >= 0.3 is 0 Å². The van der Waals surface area contributed by atoms with Crippen molar-refractivity contribution in [1.29, 1.82) is 0 Å². The van der Waals surface area contributed by atoms with Gasteiger partial charge in [0.05, 0.1) is 17.2 Å². The molecule has 0 atom stereocenters. The quantitative estimate of drug-likeness (QED) is 0.607. The largest absolute Gasteiger partial charge is 0.316 e. The number of aryl methyl sites for hydroxylation is 1. The molecule has 0 fully saturated rings. The van der Waals surface area contributed by atoms with E-state index in [0.29, 0.717) is 6.54 Å². The highest BCUT2D eigenvalue weighted by Gasteiger charge is 1.94. The van der Waals surface area contributed by atoms with E-state index >= 15 is 0 Å². The number of rotatable bonds is 2. The van der Waals surface area contributed by atoms with Crippen molar-refractivity contribution in [2.45, 2.75) is 13.5 Å². The minimum absolute atomic E-state index is 0.435. The molecule has 0 amide bonds. The zero-order chi connectivity index (χ0) is 6.69. The Hall–Kier alpha value is -0.450. The zero-order valence-electron chi connectivity index (χ0n) is 5.09. The van der Waals surface area contributed by atoms with Crippen LogP contribution in [0.4, 0.5) is 0 Å². The summed E-state index contributed by atoms with van der Waals surface area (Å²) in [7, 11) is 0. The van der Waals surface area contributed by atoms with Gasteiger partial charge in [0.1, 0.15) is 0 Å². The molecule has 2 N–H and O–H groups in total. The Labute approximate surface area is 57.3 Å². The van der Waals surface area contributed by atoms with Crippen molar-refractivity contribution in [2.24, 2.45) is 0 Å². The van der Waals surface area contributed by atoms with Crippen LogP contribution in [0, 0.1) is 6.92 Å². The molecule has 0 radical (unpaired) electrons. The van der Waals surface area contributed by atoms with Gasteiger partial charge in [0.15, 0.2) is 0 Å². The smallest absolute Gasteiger partial charge is 0.0897 e. The molecular weight excluding hydrogens is 136 g/mol. The number of hydroxylamine groups is 1. The van der Waals surface area contributed by atoms with Crippen LogP contribution in [0.1, 0.15) is 10.7 Å². The third kappa shape index (κ3) is 1.74. The number of hydrogen-bond donors (Lipinski definition) is 2. The van der Waals surface area contributed by atoms with E-state index < -0.39 is 0 Å². The van der Waals surface area contributed by atoms with Crippen molar-refractivity contribution in [3.63, 3.8) is 0 Å². The van der Waals surface area contributed by atoms with E-state index in [1.807, 2.05) is 17.8 Å². The topological polar surface area (TPSA) is 45.2 Å². The molecule has 0 aromatic carbocycles. The first-order valence-corrected chi connectivity index (χ1v) is 3.49. The lowest BCUT2D eigenvalue weighted by molar-refractivity contribution is 0.160. The summed E-state index contributed by atoms with van der Waals surface area (Å²) in [5.41, 5.74) is 2.93. The van der Waals surface area contributed by atoms with Crippen LogP contribution in [0.5, 0.6) is 0 Å². The molecule has 0 spiro atoms. The highest BCUT2D eigenvalue weighted by molar-refractivity contribution is 7.09. The molecule has 0 saturated carbocycles. The Morgan fingerprint density at radius 2 is 2.67 bits per heavy atom. The molecule has 0 bridgehead atoms. The van der Waals surface area contributed by atoms with Crippen molar-refractivity contribution in [3.8, 4) is 0 Å². The molecule has 0 aliphatic heterocycles. The van der Waals surface area contributed by atoms with Crippen molar-refractivity contribution in [2.75, 3.05) is 0 Å². The van der Waals surface area contributed by atoms with Crippen LogP contribution in [0.3, 0.4) is 0 Å². The van der Waals surface area contributed by atoms with Crippen LogP contribution in [-0.4, -0.2) is 10.2 Å². The average Bonchev–Trinajstić information content (AvgIpc) is 2.17. The molecule has 1 aromatic heterocycles. The standard InChI is InChI=1S/C5H8N2OS/c1-4-7-5(2-6-8)3-9-4/h3,6,8H,2H2,1H3. The van der Waals surface area contributed by atoms with Crippen molar-refractivity contribution in [1.82, 2.24) is 10.5 Å². The maximum Gasteiger partial charge on any atom is 0.0897 e. The van der Waals surface area contributed by atoms with E-state index in [0.717, 1.165) is 10.7 Å². The van der Waals surface area contributed by atoms with Crippen LogP contribution in [0.25, 0.3) is 0 Å². The molecule has 0 aliphatic carbocycles. The molecule has 0 saturated heterocycles. The molecule has 1 rings (SSSR count). The summed E-state index contributed by atoms with van der Waals surface area (Å²) in [6.45, 7) is 2.37. The number of thiazole rings is 1. The first kappa shape index (κ1) is 6.67. The van der Waals surface area contributed by atoms with E-state index in [2.05, 4.69) is 4.98 Å². The Bertz CT molecular complexity index is 187. The zero-order valence-corrected chi connectivity index (χ0v) is 5.90. The van der Waals surface area contributed by atoms with Gasteiger partial charge in [-0.2, -0.15) is 5.48 Å². The van der Waals surface area contributed by atoms with Crippen molar-refractivity contribution >= 4 is 11.3 Å². The van der Waals surface area contributed by atoms with Gasteiger partial charge in [0.25, 0.3) is 0 Å².